The van der Waals surface area contributed by atoms with E-state index in [9.17, 15) is 9.59 Å². The van der Waals surface area contributed by atoms with Crippen molar-refractivity contribution in [3.8, 4) is 22.3 Å². The average Bonchev–Trinajstić information content (AvgIpc) is 3.41. The molecule has 5 aromatic rings. The minimum atomic E-state index is -0.860. The number of hydrogen-bond donors (Lipinski definition) is 2. The summed E-state index contributed by atoms with van der Waals surface area (Å²) in [6, 6.07) is 42.5. The van der Waals surface area contributed by atoms with Crippen molar-refractivity contribution in [3.05, 3.63) is 168 Å². The van der Waals surface area contributed by atoms with Gasteiger partial charge in [-0.1, -0.05) is 140 Å². The van der Waals surface area contributed by atoms with Gasteiger partial charge in [-0.2, -0.15) is 0 Å². The lowest BCUT2D eigenvalue weighted by molar-refractivity contribution is -0.149. The van der Waals surface area contributed by atoms with Gasteiger partial charge in [0.1, 0.15) is 12.6 Å². The molecule has 224 valence electrons. The number of hydrogen-bond acceptors (Lipinski definition) is 4. The number of esters is 1. The molecule has 0 aliphatic heterocycles. The van der Waals surface area contributed by atoms with E-state index < -0.39 is 18.1 Å². The standard InChI is InChI=1S/C40H36N2O3/c1-2-15-35(39(43)42-36(26-28-16-6-3-7-17-28)40(44)45-27-29-18-8-4-9-19-29)41-38-34-23-13-12-22-32(34)33-25-14-24-31(37(33)38)30-20-10-5-11-21-30/h2-14,16-25,35-36,38,41H,1,15,26-27H2,(H,42,43)/t35?,36-,38?/m0/s1. The van der Waals surface area contributed by atoms with Crippen molar-refractivity contribution in [2.24, 2.45) is 0 Å². The van der Waals surface area contributed by atoms with Crippen LogP contribution in [0.25, 0.3) is 22.3 Å². The van der Waals surface area contributed by atoms with E-state index >= 15 is 0 Å². The number of rotatable bonds is 12. The number of nitrogens with one attached hydrogen (secondary N) is 2. The monoisotopic (exact) mass is 592 g/mol. The number of carbonyl (C=O) groups excluding carboxylic acids is 2. The molecule has 6 rings (SSSR count). The van der Waals surface area contributed by atoms with Crippen molar-refractivity contribution in [1.29, 1.82) is 0 Å². The maximum absolute atomic E-state index is 14.0. The molecule has 0 fully saturated rings. The predicted molar refractivity (Wildman–Crippen MR) is 179 cm³/mol. The smallest absolute Gasteiger partial charge is 0.329 e. The van der Waals surface area contributed by atoms with E-state index in [1.165, 1.54) is 0 Å². The van der Waals surface area contributed by atoms with Crippen LogP contribution in [-0.2, 0) is 27.4 Å². The molecule has 3 atom stereocenters. The van der Waals surface area contributed by atoms with Crippen LogP contribution in [0.3, 0.4) is 0 Å². The Balaban J connectivity index is 1.28. The molecule has 0 saturated carbocycles. The lowest BCUT2D eigenvalue weighted by atomic mass is 9.93. The van der Waals surface area contributed by atoms with Crippen LogP contribution in [0.2, 0.25) is 0 Å². The van der Waals surface area contributed by atoms with Crippen molar-refractivity contribution < 1.29 is 14.3 Å². The summed E-state index contributed by atoms with van der Waals surface area (Å²) < 4.78 is 5.70. The summed E-state index contributed by atoms with van der Waals surface area (Å²) in [4.78, 5) is 27.5. The number of carbonyl (C=O) groups is 2. The van der Waals surface area contributed by atoms with Crippen LogP contribution in [0.5, 0.6) is 0 Å². The fourth-order valence-corrected chi connectivity index (χ4v) is 6.07. The zero-order valence-electron chi connectivity index (χ0n) is 25.1. The fourth-order valence-electron chi connectivity index (χ4n) is 6.07. The van der Waals surface area contributed by atoms with Crippen LogP contribution >= 0.6 is 0 Å². The Bertz CT molecular complexity index is 1770. The molecule has 2 N–H and O–H groups in total. The molecule has 2 unspecified atom stereocenters. The summed E-state index contributed by atoms with van der Waals surface area (Å²) in [5, 5.41) is 6.70. The van der Waals surface area contributed by atoms with Crippen molar-refractivity contribution in [2.75, 3.05) is 0 Å². The van der Waals surface area contributed by atoms with Gasteiger partial charge < -0.3 is 10.1 Å². The summed E-state index contributed by atoms with van der Waals surface area (Å²) in [5.74, 6) is -0.757. The van der Waals surface area contributed by atoms with Gasteiger partial charge in [0.15, 0.2) is 0 Å². The molecule has 0 aromatic heterocycles. The third-order valence-corrected chi connectivity index (χ3v) is 8.24. The average molecular weight is 593 g/mol. The molecule has 0 bridgehead atoms. The number of ether oxygens (including phenoxy) is 1. The highest BCUT2D eigenvalue weighted by Gasteiger charge is 2.35. The molecule has 5 aromatic carbocycles. The van der Waals surface area contributed by atoms with E-state index in [4.69, 9.17) is 4.74 Å². The first-order chi connectivity index (χ1) is 22.1. The lowest BCUT2D eigenvalue weighted by Crippen LogP contribution is -2.51. The van der Waals surface area contributed by atoms with Gasteiger partial charge in [-0.05, 0) is 50.9 Å². The first kappa shape index (κ1) is 29.8. The Morgan fingerprint density at radius 3 is 2.00 bits per heavy atom. The molecule has 0 saturated heterocycles. The van der Waals surface area contributed by atoms with E-state index in [0.29, 0.717) is 12.8 Å². The molecule has 1 aliphatic carbocycles. The Morgan fingerprint density at radius 1 is 0.689 bits per heavy atom. The Hall–Kier alpha value is -5.26. The van der Waals surface area contributed by atoms with Crippen molar-refractivity contribution in [3.63, 3.8) is 0 Å². The quantitative estimate of drug-likeness (QED) is 0.117. The van der Waals surface area contributed by atoms with Gasteiger partial charge >= 0.3 is 5.97 Å². The molecule has 0 heterocycles. The van der Waals surface area contributed by atoms with Crippen LogP contribution in [0.15, 0.2) is 146 Å². The van der Waals surface area contributed by atoms with E-state index in [1.54, 1.807) is 6.08 Å². The van der Waals surface area contributed by atoms with Gasteiger partial charge in [-0.15, -0.1) is 6.58 Å². The molecule has 5 heteroatoms. The fraction of sp³-hybridized carbons (Fsp3) is 0.150. The minimum Gasteiger partial charge on any atom is -0.459 e. The predicted octanol–water partition coefficient (Wildman–Crippen LogP) is 7.43. The van der Waals surface area contributed by atoms with Gasteiger partial charge in [0.25, 0.3) is 0 Å². The van der Waals surface area contributed by atoms with E-state index in [2.05, 4.69) is 59.7 Å². The van der Waals surface area contributed by atoms with E-state index in [1.807, 2.05) is 91.0 Å². The molecular weight excluding hydrogens is 556 g/mol. The van der Waals surface area contributed by atoms with Crippen molar-refractivity contribution in [1.82, 2.24) is 10.6 Å². The van der Waals surface area contributed by atoms with Crippen molar-refractivity contribution in [2.45, 2.75) is 37.6 Å². The highest BCUT2D eigenvalue weighted by atomic mass is 16.5. The van der Waals surface area contributed by atoms with Gasteiger partial charge in [-0.25, -0.2) is 4.79 Å². The summed E-state index contributed by atoms with van der Waals surface area (Å²) in [7, 11) is 0. The zero-order chi connectivity index (χ0) is 31.0. The summed E-state index contributed by atoms with van der Waals surface area (Å²) >= 11 is 0. The highest BCUT2D eigenvalue weighted by Crippen LogP contribution is 2.47. The number of amides is 1. The van der Waals surface area contributed by atoms with Gasteiger partial charge in [0, 0.05) is 6.42 Å². The first-order valence-corrected chi connectivity index (χ1v) is 15.3. The number of fused-ring (bicyclic) bond motifs is 3. The highest BCUT2D eigenvalue weighted by molar-refractivity contribution is 5.89. The molecular formula is C40H36N2O3. The molecule has 1 aliphatic rings. The second kappa shape index (κ2) is 14.0. The summed E-state index contributed by atoms with van der Waals surface area (Å²) in [6.45, 7) is 4.08. The first-order valence-electron chi connectivity index (χ1n) is 15.3. The third kappa shape index (κ3) is 6.79. The molecule has 5 nitrogen and oxygen atoms in total. The topological polar surface area (TPSA) is 67.4 Å². The normalized spacial score (nSPS) is 14.4. The largest absolute Gasteiger partial charge is 0.459 e. The number of benzene rings is 5. The van der Waals surface area contributed by atoms with Crippen LogP contribution in [0.4, 0.5) is 0 Å². The molecule has 0 spiro atoms. The molecule has 1 amide bonds. The van der Waals surface area contributed by atoms with Crippen LogP contribution in [0.1, 0.15) is 34.7 Å². The Morgan fingerprint density at radius 2 is 1.29 bits per heavy atom. The summed E-state index contributed by atoms with van der Waals surface area (Å²) in [5.41, 5.74) is 8.58. The van der Waals surface area contributed by atoms with Crippen LogP contribution < -0.4 is 10.6 Å². The van der Waals surface area contributed by atoms with Gasteiger partial charge in [-0.3, -0.25) is 10.1 Å². The third-order valence-electron chi connectivity index (χ3n) is 8.24. The lowest BCUT2D eigenvalue weighted by Gasteiger charge is -2.26. The molecule has 45 heavy (non-hydrogen) atoms. The maximum Gasteiger partial charge on any atom is 0.329 e. The van der Waals surface area contributed by atoms with Gasteiger partial charge in [0.2, 0.25) is 5.91 Å². The maximum atomic E-state index is 14.0. The second-order valence-electron chi connectivity index (χ2n) is 11.2. The SMILES string of the molecule is C=CCC(NC1c2ccccc2-c2cccc(-c3ccccc3)c21)C(=O)N[C@@H](Cc1ccccc1)C(=O)OCc1ccccc1. The zero-order valence-corrected chi connectivity index (χ0v) is 25.1. The van der Waals surface area contributed by atoms with Crippen molar-refractivity contribution >= 4 is 11.9 Å². The van der Waals surface area contributed by atoms with E-state index in [-0.39, 0.29) is 18.6 Å². The minimum absolute atomic E-state index is 0.132. The molecule has 0 radical (unpaired) electrons. The van der Waals surface area contributed by atoms with E-state index in [0.717, 1.165) is 44.5 Å². The summed E-state index contributed by atoms with van der Waals surface area (Å²) in [6.07, 6.45) is 2.43. The van der Waals surface area contributed by atoms with Gasteiger partial charge in [0.05, 0.1) is 12.1 Å². The Kier molecular flexibility index (Phi) is 9.28. The van der Waals surface area contributed by atoms with Crippen LogP contribution in [0, 0.1) is 0 Å². The Labute approximate surface area is 264 Å². The second-order valence-corrected chi connectivity index (χ2v) is 11.2. The van der Waals surface area contributed by atoms with Crippen LogP contribution in [-0.4, -0.2) is 24.0 Å².